The molecule has 2 N–H and O–H groups in total. The van der Waals surface area contributed by atoms with Crippen molar-refractivity contribution in [2.45, 2.75) is 48.1 Å². The highest BCUT2D eigenvalue weighted by molar-refractivity contribution is 5.90. The molecule has 0 unspecified atom stereocenters. The topological polar surface area (TPSA) is 111 Å². The van der Waals surface area contributed by atoms with Gasteiger partial charge in [0.1, 0.15) is 12.5 Å². The standard InChI is InChI=1S/C14H19N3O.C8H7NO.C2H6.CH2O/c1-5-18-14-12-9(3)11(6-15)10(4)17-13(12)8(2)7-16-14;1-10-8-4-2-3-7(5-8)6-9;2*1-2/h7H,5-6,15H2,1-4H3;2-5H,1H3;1-2H3;1H2. The summed E-state index contributed by atoms with van der Waals surface area (Å²) in [4.78, 5) is 17.0. The van der Waals surface area contributed by atoms with Crippen LogP contribution in [0.4, 0.5) is 0 Å². The van der Waals surface area contributed by atoms with Crippen LogP contribution in [0.2, 0.25) is 0 Å². The number of methoxy groups -OCH3 is 1. The molecule has 2 heterocycles. The maximum atomic E-state index is 8.45. The molecule has 7 heteroatoms. The summed E-state index contributed by atoms with van der Waals surface area (Å²) in [7, 11) is 1.58. The Balaban J connectivity index is 0.000000582. The first-order valence-electron chi connectivity index (χ1n) is 10.4. The second-order valence-electron chi connectivity index (χ2n) is 6.25. The second kappa shape index (κ2) is 15.3. The molecule has 0 saturated carbocycles. The van der Waals surface area contributed by atoms with Gasteiger partial charge in [-0.15, -0.1) is 0 Å². The zero-order chi connectivity index (χ0) is 24.7. The van der Waals surface area contributed by atoms with Gasteiger partial charge in [-0.25, -0.2) is 4.98 Å². The van der Waals surface area contributed by atoms with Crippen molar-refractivity contribution in [2.24, 2.45) is 5.73 Å². The molecule has 0 radical (unpaired) electrons. The van der Waals surface area contributed by atoms with E-state index in [2.05, 4.69) is 16.9 Å². The van der Waals surface area contributed by atoms with Crippen LogP contribution in [-0.2, 0) is 11.3 Å². The Morgan fingerprint density at radius 1 is 1.19 bits per heavy atom. The Bertz CT molecular complexity index is 1030. The van der Waals surface area contributed by atoms with Gasteiger partial charge in [-0.1, -0.05) is 19.9 Å². The van der Waals surface area contributed by atoms with E-state index in [0.29, 0.717) is 24.6 Å². The third kappa shape index (κ3) is 7.33. The van der Waals surface area contributed by atoms with Gasteiger partial charge in [0.25, 0.3) is 0 Å². The number of carbonyl (C=O) groups excluding carboxylic acids is 1. The number of nitriles is 1. The molecular formula is C25H34N4O3. The molecule has 0 saturated heterocycles. The van der Waals surface area contributed by atoms with E-state index in [9.17, 15) is 0 Å². The fraction of sp³-hybridized carbons (Fsp3) is 0.360. The fourth-order valence-corrected chi connectivity index (χ4v) is 2.96. The van der Waals surface area contributed by atoms with Crippen LogP contribution >= 0.6 is 0 Å². The van der Waals surface area contributed by atoms with Gasteiger partial charge in [0.15, 0.2) is 0 Å². The number of hydrogen-bond donors (Lipinski definition) is 1. The zero-order valence-electron chi connectivity index (χ0n) is 20.2. The number of pyridine rings is 2. The molecule has 0 spiro atoms. The lowest BCUT2D eigenvalue weighted by atomic mass is 10.0. The first-order chi connectivity index (χ1) is 15.5. The van der Waals surface area contributed by atoms with Crippen molar-refractivity contribution < 1.29 is 14.3 Å². The Morgan fingerprint density at radius 2 is 1.84 bits per heavy atom. The van der Waals surface area contributed by atoms with Crippen molar-refractivity contribution in [3.8, 4) is 17.7 Å². The van der Waals surface area contributed by atoms with Crippen LogP contribution in [0.1, 0.15) is 48.7 Å². The van der Waals surface area contributed by atoms with E-state index < -0.39 is 0 Å². The molecule has 0 aliphatic carbocycles. The molecule has 7 nitrogen and oxygen atoms in total. The molecule has 172 valence electrons. The Labute approximate surface area is 191 Å². The number of benzene rings is 1. The van der Waals surface area contributed by atoms with Crippen molar-refractivity contribution >= 4 is 17.7 Å². The van der Waals surface area contributed by atoms with Crippen LogP contribution in [0.15, 0.2) is 30.5 Å². The number of rotatable bonds is 4. The number of carbonyl (C=O) groups is 1. The van der Waals surface area contributed by atoms with Gasteiger partial charge in [-0.2, -0.15) is 5.26 Å². The average molecular weight is 439 g/mol. The Kier molecular flexibility index (Phi) is 13.6. The number of fused-ring (bicyclic) bond motifs is 1. The highest BCUT2D eigenvalue weighted by Crippen LogP contribution is 2.30. The van der Waals surface area contributed by atoms with Crippen molar-refractivity contribution in [2.75, 3.05) is 13.7 Å². The van der Waals surface area contributed by atoms with E-state index in [1.165, 1.54) is 0 Å². The van der Waals surface area contributed by atoms with E-state index in [0.717, 1.165) is 39.0 Å². The minimum Gasteiger partial charge on any atom is -0.497 e. The minimum atomic E-state index is 0.486. The number of hydrogen-bond acceptors (Lipinski definition) is 7. The molecule has 0 amide bonds. The summed E-state index contributed by atoms with van der Waals surface area (Å²) in [5.74, 6) is 1.37. The second-order valence-corrected chi connectivity index (χ2v) is 6.25. The summed E-state index contributed by atoms with van der Waals surface area (Å²) < 4.78 is 10.5. The molecule has 3 rings (SSSR count). The quantitative estimate of drug-likeness (QED) is 0.621. The lowest BCUT2D eigenvalue weighted by molar-refractivity contribution is -0.0979. The first kappa shape index (κ1) is 28.5. The molecule has 3 aromatic rings. The summed E-state index contributed by atoms with van der Waals surface area (Å²) in [6, 6.07) is 9.05. The smallest absolute Gasteiger partial charge is 0.223 e. The van der Waals surface area contributed by atoms with Crippen molar-refractivity contribution in [3.05, 3.63) is 58.4 Å². The van der Waals surface area contributed by atoms with Gasteiger partial charge in [-0.05, 0) is 62.6 Å². The highest BCUT2D eigenvalue weighted by atomic mass is 16.5. The summed E-state index contributed by atoms with van der Waals surface area (Å²) in [5, 5.41) is 9.44. The summed E-state index contributed by atoms with van der Waals surface area (Å²) >= 11 is 0. The van der Waals surface area contributed by atoms with Gasteiger partial charge in [0, 0.05) is 18.4 Å². The molecule has 32 heavy (non-hydrogen) atoms. The Morgan fingerprint density at radius 3 is 2.38 bits per heavy atom. The van der Waals surface area contributed by atoms with Gasteiger partial charge >= 0.3 is 0 Å². The highest BCUT2D eigenvalue weighted by Gasteiger charge is 2.15. The van der Waals surface area contributed by atoms with E-state index in [1.54, 1.807) is 37.6 Å². The fourth-order valence-electron chi connectivity index (χ4n) is 2.96. The summed E-state index contributed by atoms with van der Waals surface area (Å²) in [5.41, 5.74) is 11.6. The number of aromatic nitrogens is 2. The van der Waals surface area contributed by atoms with Crippen molar-refractivity contribution in [1.29, 1.82) is 5.26 Å². The predicted octanol–water partition coefficient (Wildman–Crippen LogP) is 4.82. The molecule has 0 aliphatic heterocycles. The first-order valence-corrected chi connectivity index (χ1v) is 10.4. The predicted molar refractivity (Wildman–Crippen MR) is 129 cm³/mol. The van der Waals surface area contributed by atoms with E-state index >= 15 is 0 Å². The van der Waals surface area contributed by atoms with Gasteiger partial charge < -0.3 is 20.0 Å². The number of nitrogens with two attached hydrogens (primary N) is 1. The van der Waals surface area contributed by atoms with Crippen LogP contribution in [-0.4, -0.2) is 30.5 Å². The molecule has 1 aromatic carbocycles. The normalized spacial score (nSPS) is 9.09. The average Bonchev–Trinajstić information content (AvgIpc) is 2.84. The van der Waals surface area contributed by atoms with Crippen LogP contribution in [0, 0.1) is 32.1 Å². The van der Waals surface area contributed by atoms with Gasteiger partial charge in [0.05, 0.1) is 36.3 Å². The lowest BCUT2D eigenvalue weighted by Gasteiger charge is -2.14. The zero-order valence-corrected chi connectivity index (χ0v) is 20.2. The molecule has 0 atom stereocenters. The number of aryl methyl sites for hydroxylation is 3. The van der Waals surface area contributed by atoms with Crippen LogP contribution in [0.5, 0.6) is 11.6 Å². The SMILES string of the molecule is C=O.CC.CCOc1ncc(C)c2nc(C)c(CN)c(C)c12.COc1cccc(C#N)c1. The maximum absolute atomic E-state index is 8.45. The number of ether oxygens (including phenoxy) is 2. The largest absolute Gasteiger partial charge is 0.497 e. The molecule has 0 bridgehead atoms. The molecular weight excluding hydrogens is 404 g/mol. The van der Waals surface area contributed by atoms with Crippen molar-refractivity contribution in [3.63, 3.8) is 0 Å². The maximum Gasteiger partial charge on any atom is 0.223 e. The van der Waals surface area contributed by atoms with Gasteiger partial charge in [-0.3, -0.25) is 4.98 Å². The van der Waals surface area contributed by atoms with Crippen LogP contribution in [0.25, 0.3) is 10.9 Å². The molecule has 0 fully saturated rings. The van der Waals surface area contributed by atoms with Crippen molar-refractivity contribution in [1.82, 2.24) is 9.97 Å². The van der Waals surface area contributed by atoms with Crippen LogP contribution in [0.3, 0.4) is 0 Å². The van der Waals surface area contributed by atoms with E-state index in [-0.39, 0.29) is 0 Å². The number of nitrogens with zero attached hydrogens (tertiary/aromatic N) is 3. The van der Waals surface area contributed by atoms with E-state index in [1.807, 2.05) is 47.5 Å². The molecule has 0 aliphatic rings. The lowest BCUT2D eigenvalue weighted by Crippen LogP contribution is -2.07. The minimum absolute atomic E-state index is 0.486. The van der Waals surface area contributed by atoms with Crippen LogP contribution < -0.4 is 15.2 Å². The van der Waals surface area contributed by atoms with E-state index in [4.69, 9.17) is 25.3 Å². The Hall–Kier alpha value is -3.50. The third-order valence-corrected chi connectivity index (χ3v) is 4.43. The summed E-state index contributed by atoms with van der Waals surface area (Å²) in [6.07, 6.45) is 1.81. The molecule has 2 aromatic heterocycles. The van der Waals surface area contributed by atoms with Gasteiger partial charge in [0.2, 0.25) is 5.88 Å². The summed E-state index contributed by atoms with van der Waals surface area (Å²) in [6.45, 7) is 15.1. The third-order valence-electron chi connectivity index (χ3n) is 4.43. The monoisotopic (exact) mass is 438 g/mol.